The van der Waals surface area contributed by atoms with Gasteiger partial charge in [-0.2, -0.15) is 0 Å². The number of anilines is 1. The van der Waals surface area contributed by atoms with E-state index in [4.69, 9.17) is 5.73 Å². The van der Waals surface area contributed by atoms with E-state index in [0.29, 0.717) is 11.9 Å². The quantitative estimate of drug-likeness (QED) is 0.830. The van der Waals surface area contributed by atoms with Gasteiger partial charge in [-0.15, -0.1) is 0 Å². The molecule has 16 heavy (non-hydrogen) atoms. The molecule has 1 atom stereocenters. The van der Waals surface area contributed by atoms with Crippen molar-refractivity contribution in [3.8, 4) is 0 Å². The second-order valence-electron chi connectivity index (χ2n) is 4.76. The van der Waals surface area contributed by atoms with Gasteiger partial charge in [0.05, 0.1) is 0 Å². The Morgan fingerprint density at radius 1 is 1.44 bits per heavy atom. The van der Waals surface area contributed by atoms with Gasteiger partial charge in [0, 0.05) is 18.8 Å². The van der Waals surface area contributed by atoms with Gasteiger partial charge in [0.25, 0.3) is 0 Å². The van der Waals surface area contributed by atoms with E-state index in [2.05, 4.69) is 22.9 Å². The minimum atomic E-state index is 0.625. The van der Waals surface area contributed by atoms with Gasteiger partial charge in [0.1, 0.15) is 5.82 Å². The summed E-state index contributed by atoms with van der Waals surface area (Å²) in [6, 6.07) is 4.74. The van der Waals surface area contributed by atoms with Crippen molar-refractivity contribution in [3.05, 3.63) is 23.9 Å². The molecule has 3 heteroatoms. The molecule has 0 aliphatic carbocycles. The Balaban J connectivity index is 2.02. The zero-order valence-electron chi connectivity index (χ0n) is 10.0. The summed E-state index contributed by atoms with van der Waals surface area (Å²) in [7, 11) is 0. The van der Waals surface area contributed by atoms with Gasteiger partial charge in [-0.3, -0.25) is 4.90 Å². The molecule has 3 nitrogen and oxygen atoms in total. The highest BCUT2D eigenvalue weighted by Crippen LogP contribution is 2.19. The molecule has 88 valence electrons. The standard InChI is InChI=1S/C13H21N3/c1-11-5-3-2-4-8-16(11)10-12-6-7-15-13(14)9-12/h6-7,9,11H,2-5,8,10H2,1H3,(H2,14,15). The third-order valence-electron chi connectivity index (χ3n) is 3.42. The van der Waals surface area contributed by atoms with Crippen LogP contribution in [-0.4, -0.2) is 22.5 Å². The summed E-state index contributed by atoms with van der Waals surface area (Å²) in [5, 5.41) is 0. The Bertz CT molecular complexity index is 338. The molecule has 1 aliphatic rings. The summed E-state index contributed by atoms with van der Waals surface area (Å²) >= 11 is 0. The first-order valence-corrected chi connectivity index (χ1v) is 6.20. The van der Waals surface area contributed by atoms with Crippen LogP contribution in [0.25, 0.3) is 0 Å². The summed E-state index contributed by atoms with van der Waals surface area (Å²) in [5.41, 5.74) is 6.98. The Morgan fingerprint density at radius 3 is 3.12 bits per heavy atom. The Kier molecular flexibility index (Phi) is 3.78. The fourth-order valence-corrected chi connectivity index (χ4v) is 2.40. The van der Waals surface area contributed by atoms with Gasteiger partial charge < -0.3 is 5.73 Å². The molecule has 0 bridgehead atoms. The van der Waals surface area contributed by atoms with E-state index in [-0.39, 0.29) is 0 Å². The maximum absolute atomic E-state index is 5.70. The van der Waals surface area contributed by atoms with Crippen LogP contribution in [0.1, 0.15) is 38.2 Å². The fourth-order valence-electron chi connectivity index (χ4n) is 2.40. The van der Waals surface area contributed by atoms with E-state index in [9.17, 15) is 0 Å². The van der Waals surface area contributed by atoms with E-state index in [1.54, 1.807) is 6.20 Å². The van der Waals surface area contributed by atoms with E-state index >= 15 is 0 Å². The Labute approximate surface area is 97.7 Å². The molecule has 1 unspecified atom stereocenters. The third kappa shape index (κ3) is 2.95. The van der Waals surface area contributed by atoms with Crippen molar-refractivity contribution in [2.24, 2.45) is 0 Å². The minimum Gasteiger partial charge on any atom is -0.384 e. The van der Waals surface area contributed by atoms with E-state index < -0.39 is 0 Å². The zero-order valence-corrected chi connectivity index (χ0v) is 10.0. The minimum absolute atomic E-state index is 0.625. The van der Waals surface area contributed by atoms with Crippen LogP contribution in [0.4, 0.5) is 5.82 Å². The first-order valence-electron chi connectivity index (χ1n) is 6.20. The Morgan fingerprint density at radius 2 is 2.31 bits per heavy atom. The van der Waals surface area contributed by atoms with Crippen LogP contribution in [0.15, 0.2) is 18.3 Å². The molecular weight excluding hydrogens is 198 g/mol. The number of hydrogen-bond donors (Lipinski definition) is 1. The van der Waals surface area contributed by atoms with Crippen LogP contribution in [0.5, 0.6) is 0 Å². The Hall–Kier alpha value is -1.09. The average molecular weight is 219 g/mol. The van der Waals surface area contributed by atoms with Crippen LogP contribution in [0.2, 0.25) is 0 Å². The van der Waals surface area contributed by atoms with Crippen molar-refractivity contribution < 1.29 is 0 Å². The lowest BCUT2D eigenvalue weighted by Gasteiger charge is -2.26. The highest BCUT2D eigenvalue weighted by molar-refractivity contribution is 5.31. The molecule has 0 spiro atoms. The molecule has 2 heterocycles. The lowest BCUT2D eigenvalue weighted by molar-refractivity contribution is 0.205. The molecule has 2 N–H and O–H groups in total. The lowest BCUT2D eigenvalue weighted by atomic mass is 10.1. The number of nitrogens with zero attached hydrogens (tertiary/aromatic N) is 2. The summed E-state index contributed by atoms with van der Waals surface area (Å²) in [4.78, 5) is 6.59. The topological polar surface area (TPSA) is 42.2 Å². The maximum Gasteiger partial charge on any atom is 0.123 e. The molecule has 1 aliphatic heterocycles. The van der Waals surface area contributed by atoms with Gasteiger partial charge >= 0.3 is 0 Å². The van der Waals surface area contributed by atoms with Crippen LogP contribution >= 0.6 is 0 Å². The van der Waals surface area contributed by atoms with E-state index in [1.807, 2.05) is 6.07 Å². The monoisotopic (exact) mass is 219 g/mol. The van der Waals surface area contributed by atoms with Crippen molar-refractivity contribution in [2.45, 2.75) is 45.2 Å². The van der Waals surface area contributed by atoms with Crippen molar-refractivity contribution >= 4 is 5.82 Å². The third-order valence-corrected chi connectivity index (χ3v) is 3.42. The van der Waals surface area contributed by atoms with Crippen LogP contribution < -0.4 is 5.73 Å². The van der Waals surface area contributed by atoms with E-state index in [1.165, 1.54) is 37.8 Å². The maximum atomic E-state index is 5.70. The van der Waals surface area contributed by atoms with Crippen molar-refractivity contribution in [3.63, 3.8) is 0 Å². The summed E-state index contributed by atoms with van der Waals surface area (Å²) < 4.78 is 0. The molecule has 1 aromatic heterocycles. The highest BCUT2D eigenvalue weighted by atomic mass is 15.1. The van der Waals surface area contributed by atoms with Gasteiger partial charge in [-0.25, -0.2) is 4.98 Å². The number of hydrogen-bond acceptors (Lipinski definition) is 3. The van der Waals surface area contributed by atoms with Crippen LogP contribution in [0, 0.1) is 0 Å². The number of nitrogen functional groups attached to an aromatic ring is 1. The normalized spacial score (nSPS) is 22.9. The number of aromatic nitrogens is 1. The predicted octanol–water partition coefficient (Wildman–Crippen LogP) is 2.43. The summed E-state index contributed by atoms with van der Waals surface area (Å²) in [6.07, 6.45) is 7.19. The molecular formula is C13H21N3. The number of nitrogens with two attached hydrogens (primary N) is 1. The largest absolute Gasteiger partial charge is 0.384 e. The molecule has 0 radical (unpaired) electrons. The molecule has 1 aromatic rings. The van der Waals surface area contributed by atoms with E-state index in [0.717, 1.165) is 6.54 Å². The molecule has 1 saturated heterocycles. The number of rotatable bonds is 2. The fraction of sp³-hybridized carbons (Fsp3) is 0.615. The lowest BCUT2D eigenvalue weighted by Crippen LogP contribution is -2.31. The zero-order chi connectivity index (χ0) is 11.4. The van der Waals surface area contributed by atoms with Gasteiger partial charge in [0.15, 0.2) is 0 Å². The van der Waals surface area contributed by atoms with Crippen molar-refractivity contribution in [1.82, 2.24) is 9.88 Å². The van der Waals surface area contributed by atoms with Gasteiger partial charge in [0.2, 0.25) is 0 Å². The van der Waals surface area contributed by atoms with Gasteiger partial charge in [-0.05, 0) is 44.0 Å². The average Bonchev–Trinajstić information content (AvgIpc) is 2.45. The number of likely N-dealkylation sites (tertiary alicyclic amines) is 1. The van der Waals surface area contributed by atoms with Crippen LogP contribution in [-0.2, 0) is 6.54 Å². The molecule has 0 saturated carbocycles. The smallest absolute Gasteiger partial charge is 0.123 e. The number of pyridine rings is 1. The predicted molar refractivity (Wildman–Crippen MR) is 67.0 cm³/mol. The molecule has 0 amide bonds. The van der Waals surface area contributed by atoms with Gasteiger partial charge in [-0.1, -0.05) is 12.8 Å². The highest BCUT2D eigenvalue weighted by Gasteiger charge is 2.16. The molecule has 1 fully saturated rings. The summed E-state index contributed by atoms with van der Waals surface area (Å²) in [5.74, 6) is 0.625. The molecule has 2 rings (SSSR count). The second kappa shape index (κ2) is 5.30. The van der Waals surface area contributed by atoms with Crippen LogP contribution in [0.3, 0.4) is 0 Å². The SMILES string of the molecule is CC1CCCCCN1Cc1ccnc(N)c1. The summed E-state index contributed by atoms with van der Waals surface area (Å²) in [6.45, 7) is 4.55. The molecule has 0 aromatic carbocycles. The first kappa shape index (κ1) is 11.4. The first-order chi connectivity index (χ1) is 7.75. The van der Waals surface area contributed by atoms with Crippen molar-refractivity contribution in [1.29, 1.82) is 0 Å². The second-order valence-corrected chi connectivity index (χ2v) is 4.76. The van der Waals surface area contributed by atoms with Crippen molar-refractivity contribution in [2.75, 3.05) is 12.3 Å².